The average Bonchev–Trinajstić information content (AvgIpc) is 3.37. The van der Waals surface area contributed by atoms with Gasteiger partial charge in [-0.3, -0.25) is 0 Å². The predicted molar refractivity (Wildman–Crippen MR) is 114 cm³/mol. The first-order valence-corrected chi connectivity index (χ1v) is 10.4. The summed E-state index contributed by atoms with van der Waals surface area (Å²) in [6.45, 7) is 1.11. The first kappa shape index (κ1) is 20.5. The molecule has 2 aliphatic heterocycles. The van der Waals surface area contributed by atoms with Crippen molar-refractivity contribution in [2.24, 2.45) is 0 Å². The van der Waals surface area contributed by atoms with E-state index in [2.05, 4.69) is 15.3 Å². The van der Waals surface area contributed by atoms with Gasteiger partial charge >= 0.3 is 0 Å². The monoisotopic (exact) mass is 465 g/mol. The minimum atomic E-state index is -0.555. The number of ether oxygens (including phenoxy) is 4. The van der Waals surface area contributed by atoms with E-state index in [1.54, 1.807) is 19.2 Å². The number of anilines is 2. The van der Waals surface area contributed by atoms with Gasteiger partial charge in [-0.25, -0.2) is 14.4 Å². The maximum absolute atomic E-state index is 14.3. The van der Waals surface area contributed by atoms with Crippen LogP contribution in [-0.4, -0.2) is 48.6 Å². The summed E-state index contributed by atoms with van der Waals surface area (Å²) in [5.41, 5.74) is 0.734. The quantitative estimate of drug-likeness (QED) is 0.544. The fourth-order valence-corrected chi connectivity index (χ4v) is 4.17. The van der Waals surface area contributed by atoms with E-state index >= 15 is 0 Å². The van der Waals surface area contributed by atoms with E-state index in [0.717, 1.165) is 12.5 Å². The van der Waals surface area contributed by atoms with Crippen molar-refractivity contribution in [1.29, 1.82) is 0 Å². The standard InChI is InChI=1S/C21H18Cl2FN3O4/c1-28-17-4-10-14(7-18(17)31-19-8-30-16-2-3-29-20(16)19)25-9-26-21(10)27-15-6-12(23)11(22)5-13(15)24/h4-7,9,16,19-20H,2-3,8H2,1H3,(H,25,26,27)/t16?,19-,20?/m1/s1. The molecule has 3 atom stereocenters. The van der Waals surface area contributed by atoms with Crippen LogP contribution < -0.4 is 14.8 Å². The first-order valence-electron chi connectivity index (χ1n) is 9.67. The summed E-state index contributed by atoms with van der Waals surface area (Å²) in [7, 11) is 1.55. The molecule has 2 fully saturated rings. The lowest BCUT2D eigenvalue weighted by Crippen LogP contribution is -2.32. The second-order valence-electron chi connectivity index (χ2n) is 7.27. The van der Waals surface area contributed by atoms with E-state index in [1.165, 1.54) is 12.4 Å². The molecule has 0 bridgehead atoms. The molecule has 2 saturated heterocycles. The van der Waals surface area contributed by atoms with E-state index < -0.39 is 5.82 Å². The summed E-state index contributed by atoms with van der Waals surface area (Å²) in [5.74, 6) is 0.836. The van der Waals surface area contributed by atoms with Crippen LogP contribution in [0.2, 0.25) is 10.0 Å². The molecule has 2 aromatic carbocycles. The van der Waals surface area contributed by atoms with E-state index in [4.69, 9.17) is 42.1 Å². The zero-order chi connectivity index (χ0) is 21.5. The normalized spacial score (nSPS) is 22.5. The molecule has 0 saturated carbocycles. The fourth-order valence-electron chi connectivity index (χ4n) is 3.86. The Morgan fingerprint density at radius 3 is 2.77 bits per heavy atom. The highest BCUT2D eigenvalue weighted by Crippen LogP contribution is 2.38. The van der Waals surface area contributed by atoms with Crippen LogP contribution in [0.4, 0.5) is 15.9 Å². The van der Waals surface area contributed by atoms with Crippen LogP contribution in [0, 0.1) is 5.82 Å². The number of nitrogens with zero attached hydrogens (tertiary/aromatic N) is 2. The second kappa shape index (κ2) is 8.27. The van der Waals surface area contributed by atoms with Gasteiger partial charge < -0.3 is 24.3 Å². The largest absolute Gasteiger partial charge is 0.493 e. The molecule has 1 N–H and O–H groups in total. The van der Waals surface area contributed by atoms with Crippen molar-refractivity contribution in [3.8, 4) is 11.5 Å². The molecule has 1 aromatic heterocycles. The molecule has 3 aromatic rings. The molecule has 162 valence electrons. The number of methoxy groups -OCH3 is 1. The van der Waals surface area contributed by atoms with Gasteiger partial charge in [0.25, 0.3) is 0 Å². The number of aromatic nitrogens is 2. The van der Waals surface area contributed by atoms with Crippen molar-refractivity contribution in [2.75, 3.05) is 25.6 Å². The maximum Gasteiger partial charge on any atom is 0.164 e. The lowest BCUT2D eigenvalue weighted by molar-refractivity contribution is 0.0298. The number of nitrogens with one attached hydrogen (secondary N) is 1. The summed E-state index contributed by atoms with van der Waals surface area (Å²) < 4.78 is 37.6. The van der Waals surface area contributed by atoms with Crippen molar-refractivity contribution in [1.82, 2.24) is 9.97 Å². The van der Waals surface area contributed by atoms with Crippen LogP contribution in [0.3, 0.4) is 0 Å². The molecule has 3 heterocycles. The molecule has 31 heavy (non-hydrogen) atoms. The molecule has 5 rings (SSSR count). The van der Waals surface area contributed by atoms with Gasteiger partial charge in [0.2, 0.25) is 0 Å². The molecule has 10 heteroatoms. The van der Waals surface area contributed by atoms with E-state index in [0.29, 0.717) is 41.4 Å². The second-order valence-corrected chi connectivity index (χ2v) is 8.08. The SMILES string of the molecule is COc1cc2c(Nc3cc(Cl)c(Cl)cc3F)ncnc2cc1O[C@@H]1COC2CCOC21. The Bertz CT molecular complexity index is 1150. The Hall–Kier alpha value is -2.39. The average molecular weight is 466 g/mol. The number of hydrogen-bond acceptors (Lipinski definition) is 7. The molecule has 2 aliphatic rings. The van der Waals surface area contributed by atoms with E-state index in [1.807, 2.05) is 0 Å². The van der Waals surface area contributed by atoms with Gasteiger partial charge in [0, 0.05) is 18.1 Å². The van der Waals surface area contributed by atoms with Crippen LogP contribution in [0.15, 0.2) is 30.6 Å². The van der Waals surface area contributed by atoms with Gasteiger partial charge in [0.1, 0.15) is 24.1 Å². The van der Waals surface area contributed by atoms with Crippen LogP contribution >= 0.6 is 23.2 Å². The topological polar surface area (TPSA) is 74.7 Å². The molecule has 0 aliphatic carbocycles. The summed E-state index contributed by atoms with van der Waals surface area (Å²) >= 11 is 11.9. The minimum absolute atomic E-state index is 0.0654. The highest BCUT2D eigenvalue weighted by atomic mass is 35.5. The van der Waals surface area contributed by atoms with Crippen LogP contribution in [-0.2, 0) is 9.47 Å². The smallest absolute Gasteiger partial charge is 0.164 e. The van der Waals surface area contributed by atoms with Crippen molar-refractivity contribution in [3.05, 3.63) is 46.5 Å². The van der Waals surface area contributed by atoms with Crippen LogP contribution in [0.5, 0.6) is 11.5 Å². The van der Waals surface area contributed by atoms with Gasteiger partial charge in [0.15, 0.2) is 17.6 Å². The van der Waals surface area contributed by atoms with Gasteiger partial charge in [-0.05, 0) is 24.6 Å². The van der Waals surface area contributed by atoms with E-state index in [-0.39, 0.29) is 34.0 Å². The lowest BCUT2D eigenvalue weighted by Gasteiger charge is -2.20. The zero-order valence-corrected chi connectivity index (χ0v) is 17.9. The molecule has 0 radical (unpaired) electrons. The van der Waals surface area contributed by atoms with Gasteiger partial charge in [-0.15, -0.1) is 0 Å². The van der Waals surface area contributed by atoms with Gasteiger partial charge in [0.05, 0.1) is 41.1 Å². The molecular formula is C21H18Cl2FN3O4. The Kier molecular flexibility index (Phi) is 5.47. The third-order valence-electron chi connectivity index (χ3n) is 5.38. The molecular weight excluding hydrogens is 448 g/mol. The molecule has 7 nitrogen and oxygen atoms in total. The number of rotatable bonds is 5. The first-order chi connectivity index (χ1) is 15.0. The van der Waals surface area contributed by atoms with Crippen molar-refractivity contribution in [2.45, 2.75) is 24.7 Å². The number of halogens is 3. The Morgan fingerprint density at radius 1 is 1.10 bits per heavy atom. The van der Waals surface area contributed by atoms with Crippen molar-refractivity contribution < 1.29 is 23.3 Å². The number of benzene rings is 2. The Morgan fingerprint density at radius 2 is 1.94 bits per heavy atom. The van der Waals surface area contributed by atoms with E-state index in [9.17, 15) is 4.39 Å². The summed E-state index contributed by atoms with van der Waals surface area (Å²) in [6, 6.07) is 6.05. The summed E-state index contributed by atoms with van der Waals surface area (Å²) in [6.07, 6.45) is 1.98. The third-order valence-corrected chi connectivity index (χ3v) is 6.10. The zero-order valence-electron chi connectivity index (χ0n) is 16.4. The lowest BCUT2D eigenvalue weighted by atomic mass is 10.1. The van der Waals surface area contributed by atoms with Gasteiger partial charge in [-0.2, -0.15) is 0 Å². The highest BCUT2D eigenvalue weighted by Gasteiger charge is 2.43. The van der Waals surface area contributed by atoms with Crippen LogP contribution in [0.25, 0.3) is 10.9 Å². The number of hydrogen-bond donors (Lipinski definition) is 1. The van der Waals surface area contributed by atoms with Crippen molar-refractivity contribution in [3.63, 3.8) is 0 Å². The van der Waals surface area contributed by atoms with Gasteiger partial charge in [-0.1, -0.05) is 23.2 Å². The highest BCUT2D eigenvalue weighted by molar-refractivity contribution is 6.42. The fraction of sp³-hybridized carbons (Fsp3) is 0.333. The van der Waals surface area contributed by atoms with Crippen molar-refractivity contribution >= 4 is 45.6 Å². The Balaban J connectivity index is 1.48. The predicted octanol–water partition coefficient (Wildman–Crippen LogP) is 4.76. The molecule has 2 unspecified atom stereocenters. The number of fused-ring (bicyclic) bond motifs is 2. The third kappa shape index (κ3) is 3.85. The maximum atomic E-state index is 14.3. The minimum Gasteiger partial charge on any atom is -0.493 e. The molecule has 0 amide bonds. The Labute approximate surface area is 187 Å². The van der Waals surface area contributed by atoms with Crippen LogP contribution in [0.1, 0.15) is 6.42 Å². The summed E-state index contributed by atoms with van der Waals surface area (Å²) in [5, 5.41) is 3.93. The summed E-state index contributed by atoms with van der Waals surface area (Å²) in [4.78, 5) is 8.57. The molecule has 0 spiro atoms.